The molecule has 2 aromatic heterocycles. The maximum atomic E-state index is 11.8. The molecule has 0 aliphatic heterocycles. The van der Waals surface area contributed by atoms with Crippen LogP contribution >= 0.6 is 0 Å². The van der Waals surface area contributed by atoms with E-state index in [0.29, 0.717) is 30.1 Å². The van der Waals surface area contributed by atoms with Crippen LogP contribution in [0.25, 0.3) is 11.3 Å². The molecule has 2 N–H and O–H groups in total. The Hall–Kier alpha value is -3.01. The number of carbonyl (C=O) groups excluding carboxylic acids is 1. The number of amides is 1. The first-order valence-corrected chi connectivity index (χ1v) is 11.1. The first-order valence-electron chi connectivity index (χ1n) is 9.12. The van der Waals surface area contributed by atoms with Gasteiger partial charge in [0.2, 0.25) is 11.8 Å². The fourth-order valence-electron chi connectivity index (χ4n) is 3.47. The van der Waals surface area contributed by atoms with Crippen molar-refractivity contribution in [2.45, 2.75) is 36.9 Å². The number of sulfone groups is 1. The van der Waals surface area contributed by atoms with Gasteiger partial charge in [-0.3, -0.25) is 4.79 Å². The second kappa shape index (κ2) is 7.11. The molecule has 0 radical (unpaired) electrons. The molecule has 1 unspecified atom stereocenters. The Bertz CT molecular complexity index is 1150. The molecule has 3 aromatic rings. The van der Waals surface area contributed by atoms with Crippen molar-refractivity contribution in [3.05, 3.63) is 53.4 Å². The van der Waals surface area contributed by atoms with E-state index in [1.165, 1.54) is 6.92 Å². The van der Waals surface area contributed by atoms with Gasteiger partial charge in [0.15, 0.2) is 21.3 Å². The maximum Gasteiger partial charge on any atom is 0.271 e. The van der Waals surface area contributed by atoms with Crippen molar-refractivity contribution in [3.8, 4) is 11.3 Å². The van der Waals surface area contributed by atoms with Crippen LogP contribution in [-0.4, -0.2) is 35.9 Å². The maximum absolute atomic E-state index is 11.8. The van der Waals surface area contributed by atoms with Gasteiger partial charge in [-0.1, -0.05) is 35.5 Å². The van der Waals surface area contributed by atoms with Crippen molar-refractivity contribution in [1.29, 1.82) is 0 Å². The average Bonchev–Trinajstić information content (AvgIpc) is 3.27. The molecule has 9 nitrogen and oxygen atoms in total. The smallest absolute Gasteiger partial charge is 0.271 e. The molecule has 2 heterocycles. The summed E-state index contributed by atoms with van der Waals surface area (Å²) in [4.78, 5) is 11.8. The summed E-state index contributed by atoms with van der Waals surface area (Å²) in [7, 11) is -3.32. The van der Waals surface area contributed by atoms with Crippen molar-refractivity contribution < 1.29 is 22.2 Å². The molecule has 0 spiro atoms. The second-order valence-corrected chi connectivity index (χ2v) is 9.69. The predicted molar refractivity (Wildman–Crippen MR) is 103 cm³/mol. The van der Waals surface area contributed by atoms with Gasteiger partial charge in [0.25, 0.3) is 5.91 Å². The summed E-state index contributed by atoms with van der Waals surface area (Å²) in [5.41, 5.74) is 7.11. The van der Waals surface area contributed by atoms with Crippen LogP contribution in [-0.2, 0) is 9.84 Å². The van der Waals surface area contributed by atoms with Crippen molar-refractivity contribution in [2.24, 2.45) is 5.73 Å². The Morgan fingerprint density at radius 2 is 1.86 bits per heavy atom. The summed E-state index contributed by atoms with van der Waals surface area (Å²) in [5, 5.41) is 10.9. The Kier molecular flexibility index (Phi) is 4.73. The number of nitrogens with two attached hydrogens (primary N) is 1. The van der Waals surface area contributed by atoms with Crippen LogP contribution in [0.15, 0.2) is 39.3 Å². The third-order valence-corrected chi connectivity index (χ3v) is 6.83. The van der Waals surface area contributed by atoms with E-state index in [9.17, 15) is 13.2 Å². The van der Waals surface area contributed by atoms with Crippen molar-refractivity contribution in [3.63, 3.8) is 0 Å². The Balaban J connectivity index is 1.57. The summed E-state index contributed by atoms with van der Waals surface area (Å²) in [6.07, 6.45) is 2.40. The number of benzene rings is 1. The molecule has 1 aliphatic rings. The lowest BCUT2D eigenvalue weighted by atomic mass is 9.70. The summed E-state index contributed by atoms with van der Waals surface area (Å²) < 4.78 is 34.4. The van der Waals surface area contributed by atoms with E-state index < -0.39 is 21.0 Å². The van der Waals surface area contributed by atoms with Crippen LogP contribution in [0.3, 0.4) is 0 Å². The molecule has 1 fully saturated rings. The third-order valence-electron chi connectivity index (χ3n) is 5.34. The van der Waals surface area contributed by atoms with Crippen molar-refractivity contribution in [2.75, 3.05) is 6.26 Å². The van der Waals surface area contributed by atoms with Gasteiger partial charge >= 0.3 is 0 Å². The minimum Gasteiger partial charge on any atom is -0.424 e. The van der Waals surface area contributed by atoms with Gasteiger partial charge in [-0.2, -0.15) is 0 Å². The van der Waals surface area contributed by atoms with Gasteiger partial charge in [-0.15, -0.1) is 10.2 Å². The number of primary amides is 1. The van der Waals surface area contributed by atoms with Crippen LogP contribution in [0.5, 0.6) is 0 Å². The molecular weight excluding hydrogens is 396 g/mol. The first kappa shape index (κ1) is 19.3. The number of nitrogens with zero attached hydrogens (tertiary/aromatic N) is 3. The highest BCUT2D eigenvalue weighted by Crippen LogP contribution is 2.50. The van der Waals surface area contributed by atoms with E-state index in [1.807, 2.05) is 30.3 Å². The minimum atomic E-state index is -3.32. The largest absolute Gasteiger partial charge is 0.424 e. The van der Waals surface area contributed by atoms with E-state index in [2.05, 4.69) is 15.4 Å². The third kappa shape index (κ3) is 3.55. The number of hydrogen-bond donors (Lipinski definition) is 1. The molecular formula is C19H20N4O5S. The standard InChI is InChI=1S/C19H20N4O5S/c1-10(29(2,25)26)18-21-22-19(27-18)13-8-12(9-13)14-15(17(20)24)23-28-16(14)11-6-4-3-5-7-11/h3-7,10,12-13H,8-9H2,1-2H3,(H2,20,24). The van der Waals surface area contributed by atoms with Gasteiger partial charge in [-0.25, -0.2) is 8.42 Å². The van der Waals surface area contributed by atoms with Crippen LogP contribution in [0.2, 0.25) is 0 Å². The van der Waals surface area contributed by atoms with Crippen LogP contribution in [0.1, 0.15) is 64.7 Å². The van der Waals surface area contributed by atoms with E-state index in [-0.39, 0.29) is 23.4 Å². The Morgan fingerprint density at radius 1 is 1.17 bits per heavy atom. The molecule has 4 rings (SSSR count). The second-order valence-electron chi connectivity index (χ2n) is 7.32. The van der Waals surface area contributed by atoms with Crippen LogP contribution < -0.4 is 5.73 Å². The van der Waals surface area contributed by atoms with Crippen molar-refractivity contribution >= 4 is 15.7 Å². The summed E-state index contributed by atoms with van der Waals surface area (Å²) in [6.45, 7) is 1.51. The minimum absolute atomic E-state index is 0.00774. The number of rotatable bonds is 6. The summed E-state index contributed by atoms with van der Waals surface area (Å²) >= 11 is 0. The monoisotopic (exact) mass is 416 g/mol. The topological polar surface area (TPSA) is 142 Å². The zero-order valence-corrected chi connectivity index (χ0v) is 16.7. The van der Waals surface area contributed by atoms with Gasteiger partial charge < -0.3 is 14.7 Å². The molecule has 152 valence electrons. The molecule has 10 heteroatoms. The molecule has 1 amide bonds. The van der Waals surface area contributed by atoms with E-state index >= 15 is 0 Å². The van der Waals surface area contributed by atoms with Crippen LogP contribution in [0, 0.1) is 0 Å². The highest BCUT2D eigenvalue weighted by molar-refractivity contribution is 7.90. The van der Waals surface area contributed by atoms with Gasteiger partial charge in [0.05, 0.1) is 0 Å². The number of carbonyl (C=O) groups is 1. The Labute approximate surface area is 167 Å². The average molecular weight is 416 g/mol. The SMILES string of the molecule is CC(c1nnc(C2CC(c3c(C(N)=O)noc3-c3ccccc3)C2)o1)S(C)(=O)=O. The molecule has 0 saturated heterocycles. The van der Waals surface area contributed by atoms with E-state index in [1.54, 1.807) is 0 Å². The van der Waals surface area contributed by atoms with E-state index in [0.717, 1.165) is 11.8 Å². The highest BCUT2D eigenvalue weighted by Gasteiger charge is 2.40. The quantitative estimate of drug-likeness (QED) is 0.646. The molecule has 29 heavy (non-hydrogen) atoms. The Morgan fingerprint density at radius 3 is 2.48 bits per heavy atom. The van der Waals surface area contributed by atoms with Crippen LogP contribution in [0.4, 0.5) is 0 Å². The molecule has 1 atom stereocenters. The van der Waals surface area contributed by atoms with Crippen molar-refractivity contribution in [1.82, 2.24) is 15.4 Å². The zero-order chi connectivity index (χ0) is 20.8. The first-order chi connectivity index (χ1) is 13.8. The highest BCUT2D eigenvalue weighted by atomic mass is 32.2. The zero-order valence-electron chi connectivity index (χ0n) is 15.9. The lowest BCUT2D eigenvalue weighted by Crippen LogP contribution is -2.24. The normalized spacial score (nSPS) is 20.2. The summed E-state index contributed by atoms with van der Waals surface area (Å²) in [5.74, 6) is 0.318. The lowest BCUT2D eigenvalue weighted by molar-refractivity contribution is 0.0989. The number of aromatic nitrogens is 3. The van der Waals surface area contributed by atoms with Gasteiger partial charge in [-0.05, 0) is 25.7 Å². The fraction of sp³-hybridized carbons (Fsp3) is 0.368. The molecule has 1 aromatic carbocycles. The fourth-order valence-corrected chi connectivity index (χ4v) is 3.93. The van der Waals surface area contributed by atoms with Gasteiger partial charge in [0, 0.05) is 23.3 Å². The lowest BCUT2D eigenvalue weighted by Gasteiger charge is -2.33. The number of hydrogen-bond acceptors (Lipinski definition) is 8. The summed E-state index contributed by atoms with van der Waals surface area (Å²) in [6, 6.07) is 9.39. The van der Waals surface area contributed by atoms with Gasteiger partial charge in [0.1, 0.15) is 5.25 Å². The molecule has 0 bridgehead atoms. The predicted octanol–water partition coefficient (Wildman–Crippen LogP) is 2.59. The van der Waals surface area contributed by atoms with E-state index in [4.69, 9.17) is 14.7 Å². The molecule has 1 saturated carbocycles. The molecule has 1 aliphatic carbocycles.